The lowest BCUT2D eigenvalue weighted by Gasteiger charge is -2.10. The van der Waals surface area contributed by atoms with Crippen molar-refractivity contribution in [2.75, 3.05) is 6.54 Å². The van der Waals surface area contributed by atoms with Gasteiger partial charge in [-0.2, -0.15) is 0 Å². The summed E-state index contributed by atoms with van der Waals surface area (Å²) in [5.41, 5.74) is -0.175. The van der Waals surface area contributed by atoms with Gasteiger partial charge in [0.25, 0.3) is 15.0 Å². The second-order valence-corrected chi connectivity index (χ2v) is 7.84. The van der Waals surface area contributed by atoms with E-state index in [-0.39, 0.29) is 10.5 Å². The fraction of sp³-hybridized carbons (Fsp3) is 0.500. The molecule has 0 aromatic heterocycles. The van der Waals surface area contributed by atoms with Crippen LogP contribution in [0.2, 0.25) is 0 Å². The molecule has 1 amide bonds. The highest BCUT2D eigenvalue weighted by atomic mass is 35.7. The number of carbonyl (C=O) groups is 1. The van der Waals surface area contributed by atoms with Gasteiger partial charge in [-0.3, -0.25) is 4.79 Å². The van der Waals surface area contributed by atoms with Crippen LogP contribution in [0.1, 0.15) is 42.5 Å². The number of nitrogens with one attached hydrogen (secondary N) is 1. The van der Waals surface area contributed by atoms with E-state index in [1.54, 1.807) is 0 Å². The van der Waals surface area contributed by atoms with Crippen LogP contribution in [0, 0.1) is 11.7 Å². The SMILES string of the molecule is O=C(NCCC1CCCC1)c1ccc(S(=O)(=O)Cl)cc1F. The van der Waals surface area contributed by atoms with Crippen LogP contribution in [0.4, 0.5) is 4.39 Å². The lowest BCUT2D eigenvalue weighted by Crippen LogP contribution is -2.26. The van der Waals surface area contributed by atoms with Crippen molar-refractivity contribution in [2.45, 2.75) is 37.0 Å². The predicted octanol–water partition coefficient (Wildman–Crippen LogP) is 3.06. The minimum Gasteiger partial charge on any atom is -0.352 e. The zero-order valence-corrected chi connectivity index (χ0v) is 13.0. The molecule has 0 heterocycles. The third-order valence-electron chi connectivity index (χ3n) is 3.78. The van der Waals surface area contributed by atoms with Crippen molar-refractivity contribution in [3.8, 4) is 0 Å². The summed E-state index contributed by atoms with van der Waals surface area (Å²) in [4.78, 5) is 11.5. The van der Waals surface area contributed by atoms with Gasteiger partial charge in [-0.05, 0) is 30.5 Å². The largest absolute Gasteiger partial charge is 0.352 e. The molecule has 0 spiro atoms. The van der Waals surface area contributed by atoms with Crippen molar-refractivity contribution in [3.63, 3.8) is 0 Å². The van der Waals surface area contributed by atoms with E-state index in [2.05, 4.69) is 5.32 Å². The van der Waals surface area contributed by atoms with Crippen LogP contribution in [0.5, 0.6) is 0 Å². The van der Waals surface area contributed by atoms with E-state index in [1.807, 2.05) is 0 Å². The van der Waals surface area contributed by atoms with Crippen molar-refractivity contribution >= 4 is 25.6 Å². The van der Waals surface area contributed by atoms with Crippen LogP contribution in [0.15, 0.2) is 23.1 Å². The Kier molecular flexibility index (Phi) is 5.22. The molecule has 116 valence electrons. The molecule has 1 N–H and O–H groups in total. The Bertz CT molecular complexity index is 627. The summed E-state index contributed by atoms with van der Waals surface area (Å²) in [6.07, 6.45) is 5.74. The number of hydrogen-bond acceptors (Lipinski definition) is 3. The quantitative estimate of drug-likeness (QED) is 0.842. The van der Waals surface area contributed by atoms with E-state index in [4.69, 9.17) is 10.7 Å². The molecular weight excluding hydrogens is 317 g/mol. The van der Waals surface area contributed by atoms with Crippen molar-refractivity contribution in [1.82, 2.24) is 5.32 Å². The van der Waals surface area contributed by atoms with Gasteiger partial charge in [-0.25, -0.2) is 12.8 Å². The van der Waals surface area contributed by atoms with Crippen molar-refractivity contribution in [1.29, 1.82) is 0 Å². The second-order valence-electron chi connectivity index (χ2n) is 5.27. The molecule has 2 rings (SSSR count). The molecule has 0 aliphatic heterocycles. The fourth-order valence-electron chi connectivity index (χ4n) is 2.62. The van der Waals surface area contributed by atoms with Crippen LogP contribution in [0.3, 0.4) is 0 Å². The van der Waals surface area contributed by atoms with Gasteiger partial charge in [0.1, 0.15) is 5.82 Å². The van der Waals surface area contributed by atoms with Gasteiger partial charge < -0.3 is 5.32 Å². The highest BCUT2D eigenvalue weighted by Gasteiger charge is 2.18. The van der Waals surface area contributed by atoms with Crippen molar-refractivity contribution in [3.05, 3.63) is 29.6 Å². The maximum absolute atomic E-state index is 13.8. The van der Waals surface area contributed by atoms with Gasteiger partial charge in [0.05, 0.1) is 10.5 Å². The number of rotatable bonds is 5. The maximum atomic E-state index is 13.8. The average Bonchev–Trinajstić information content (AvgIpc) is 2.90. The van der Waals surface area contributed by atoms with Crippen LogP contribution in [-0.2, 0) is 9.05 Å². The molecule has 1 aliphatic rings. The number of amides is 1. The van der Waals surface area contributed by atoms with Crippen LogP contribution >= 0.6 is 10.7 Å². The second kappa shape index (κ2) is 6.75. The summed E-state index contributed by atoms with van der Waals surface area (Å²) in [5, 5.41) is 2.66. The van der Waals surface area contributed by atoms with E-state index in [0.717, 1.165) is 24.6 Å². The molecule has 1 aliphatic carbocycles. The fourth-order valence-corrected chi connectivity index (χ4v) is 3.38. The Labute approximate surface area is 128 Å². The van der Waals surface area contributed by atoms with Crippen molar-refractivity contribution in [2.24, 2.45) is 5.92 Å². The van der Waals surface area contributed by atoms with Crippen LogP contribution < -0.4 is 5.32 Å². The maximum Gasteiger partial charge on any atom is 0.261 e. The smallest absolute Gasteiger partial charge is 0.261 e. The molecule has 0 atom stereocenters. The molecule has 1 aromatic carbocycles. The Balaban J connectivity index is 1.95. The van der Waals surface area contributed by atoms with Gasteiger partial charge in [-0.1, -0.05) is 25.7 Å². The molecule has 4 nitrogen and oxygen atoms in total. The van der Waals surface area contributed by atoms with E-state index in [1.165, 1.54) is 25.7 Å². The molecule has 21 heavy (non-hydrogen) atoms. The summed E-state index contributed by atoms with van der Waals surface area (Å²) >= 11 is 0. The zero-order valence-electron chi connectivity index (χ0n) is 11.4. The lowest BCUT2D eigenvalue weighted by molar-refractivity contribution is 0.0947. The predicted molar refractivity (Wildman–Crippen MR) is 78.3 cm³/mol. The number of carbonyl (C=O) groups excluding carboxylic acids is 1. The summed E-state index contributed by atoms with van der Waals surface area (Å²) in [6, 6.07) is 3.01. The molecule has 1 saturated carbocycles. The van der Waals surface area contributed by atoms with Crippen LogP contribution in [-0.4, -0.2) is 20.9 Å². The van der Waals surface area contributed by atoms with Crippen LogP contribution in [0.25, 0.3) is 0 Å². The lowest BCUT2D eigenvalue weighted by atomic mass is 10.0. The van der Waals surface area contributed by atoms with E-state index >= 15 is 0 Å². The number of benzene rings is 1. The van der Waals surface area contributed by atoms with Gasteiger partial charge in [0, 0.05) is 17.2 Å². The molecule has 7 heteroatoms. The Morgan fingerprint density at radius 3 is 2.57 bits per heavy atom. The van der Waals surface area contributed by atoms with E-state index in [0.29, 0.717) is 12.5 Å². The first kappa shape index (κ1) is 16.2. The summed E-state index contributed by atoms with van der Waals surface area (Å²) in [5.74, 6) is -0.793. The molecular formula is C14H17ClFNO3S. The molecule has 1 aromatic rings. The Morgan fingerprint density at radius 2 is 2.00 bits per heavy atom. The van der Waals surface area contributed by atoms with E-state index < -0.39 is 20.8 Å². The molecule has 1 fully saturated rings. The van der Waals surface area contributed by atoms with Gasteiger partial charge in [0.15, 0.2) is 0 Å². The monoisotopic (exact) mass is 333 g/mol. The highest BCUT2D eigenvalue weighted by Crippen LogP contribution is 2.27. The molecule has 0 saturated heterocycles. The summed E-state index contributed by atoms with van der Waals surface area (Å²) in [7, 11) is 1.13. The average molecular weight is 334 g/mol. The Hall–Kier alpha value is -1.14. The minimum absolute atomic E-state index is 0.175. The minimum atomic E-state index is -4.00. The summed E-state index contributed by atoms with van der Waals surface area (Å²) < 4.78 is 35.9. The third-order valence-corrected chi connectivity index (χ3v) is 5.13. The van der Waals surface area contributed by atoms with Gasteiger partial charge in [0.2, 0.25) is 0 Å². The third kappa shape index (κ3) is 4.41. The van der Waals surface area contributed by atoms with Crippen molar-refractivity contribution < 1.29 is 17.6 Å². The molecule has 0 bridgehead atoms. The normalized spacial score (nSPS) is 16.1. The van der Waals surface area contributed by atoms with Gasteiger partial charge in [-0.15, -0.1) is 0 Å². The van der Waals surface area contributed by atoms with Gasteiger partial charge >= 0.3 is 0 Å². The first-order valence-corrected chi connectivity index (χ1v) is 9.21. The first-order valence-electron chi connectivity index (χ1n) is 6.90. The molecule has 0 radical (unpaired) electrons. The first-order chi connectivity index (χ1) is 9.88. The Morgan fingerprint density at radius 1 is 1.33 bits per heavy atom. The molecule has 0 unspecified atom stereocenters. The summed E-state index contributed by atoms with van der Waals surface area (Å²) in [6.45, 7) is 0.499. The topological polar surface area (TPSA) is 63.2 Å². The number of halogens is 2. The number of hydrogen-bond donors (Lipinski definition) is 1. The standard InChI is InChI=1S/C14H17ClFNO3S/c15-21(19,20)11-5-6-12(13(16)9-11)14(18)17-8-7-10-3-1-2-4-10/h5-6,9-10H,1-4,7-8H2,(H,17,18). The van der Waals surface area contributed by atoms with E-state index in [9.17, 15) is 17.6 Å². The zero-order chi connectivity index (χ0) is 15.5. The highest BCUT2D eigenvalue weighted by molar-refractivity contribution is 8.13.